The Balaban J connectivity index is 0.00000320. The number of likely N-dealkylation sites (tertiary alicyclic amines) is 1. The Kier molecular flexibility index (Phi) is 10.1. The number of hydrogen-bond donors (Lipinski definition) is 1. The molecule has 1 atom stereocenters. The lowest BCUT2D eigenvalue weighted by atomic mass is 10.0. The Hall–Kier alpha value is -2.08. The lowest BCUT2D eigenvalue weighted by Gasteiger charge is -2.34. The summed E-state index contributed by atoms with van der Waals surface area (Å²) >= 11 is 0. The van der Waals surface area contributed by atoms with Crippen molar-refractivity contribution < 1.29 is 14.3 Å². The van der Waals surface area contributed by atoms with Crippen LogP contribution in [0.5, 0.6) is 5.75 Å². The molecule has 1 unspecified atom stereocenters. The summed E-state index contributed by atoms with van der Waals surface area (Å²) in [6.45, 7) is 4.81. The van der Waals surface area contributed by atoms with Gasteiger partial charge in [0.15, 0.2) is 0 Å². The summed E-state index contributed by atoms with van der Waals surface area (Å²) in [5, 5.41) is 0. The number of rotatable bonds is 9. The first-order valence-corrected chi connectivity index (χ1v) is 10.6. The van der Waals surface area contributed by atoms with E-state index in [2.05, 4.69) is 6.92 Å². The van der Waals surface area contributed by atoms with Crippen molar-refractivity contribution in [3.63, 3.8) is 0 Å². The van der Waals surface area contributed by atoms with Crippen molar-refractivity contribution in [1.82, 2.24) is 4.90 Å². The van der Waals surface area contributed by atoms with E-state index in [4.69, 9.17) is 15.2 Å². The molecule has 0 spiro atoms. The molecular weight excluding hydrogens is 400 g/mol. The molecule has 2 aromatic carbocycles. The average Bonchev–Trinajstić information content (AvgIpc) is 2.78. The second kappa shape index (κ2) is 12.6. The summed E-state index contributed by atoms with van der Waals surface area (Å²) in [4.78, 5) is 15.3. The van der Waals surface area contributed by atoms with Gasteiger partial charge in [-0.05, 0) is 43.9 Å². The zero-order chi connectivity index (χ0) is 20.5. The molecule has 164 valence electrons. The van der Waals surface area contributed by atoms with E-state index in [1.54, 1.807) is 0 Å². The molecule has 1 aliphatic rings. The fraction of sp³-hybridized carbons (Fsp3) is 0.458. The molecule has 2 N–H and O–H groups in total. The van der Waals surface area contributed by atoms with E-state index in [1.807, 2.05) is 59.5 Å². The summed E-state index contributed by atoms with van der Waals surface area (Å²) in [5.74, 6) is 0.791. The number of ether oxygens (including phenoxy) is 2. The number of carbonyl (C=O) groups excluding carboxylic acids is 1. The van der Waals surface area contributed by atoms with Crippen LogP contribution in [-0.4, -0.2) is 43.2 Å². The Bertz CT molecular complexity index is 764. The number of amides is 1. The van der Waals surface area contributed by atoms with Gasteiger partial charge in [0, 0.05) is 25.3 Å². The molecule has 0 saturated carbocycles. The highest BCUT2D eigenvalue weighted by Gasteiger charge is 2.31. The van der Waals surface area contributed by atoms with Crippen molar-refractivity contribution >= 4 is 18.3 Å². The first-order valence-electron chi connectivity index (χ1n) is 10.6. The number of nitrogens with zero attached hydrogens (tertiary/aromatic N) is 1. The Morgan fingerprint density at radius 2 is 1.77 bits per heavy atom. The summed E-state index contributed by atoms with van der Waals surface area (Å²) in [6.07, 6.45) is 3.01. The van der Waals surface area contributed by atoms with Gasteiger partial charge in [0.05, 0.1) is 6.10 Å². The smallest absolute Gasteiger partial charge is 0.268 e. The van der Waals surface area contributed by atoms with Crippen LogP contribution in [0.25, 0.3) is 0 Å². The lowest BCUT2D eigenvalue weighted by molar-refractivity contribution is -0.141. The molecule has 0 aromatic heterocycles. The molecule has 6 heteroatoms. The molecule has 1 amide bonds. The fourth-order valence-electron chi connectivity index (χ4n) is 3.67. The minimum absolute atomic E-state index is 0. The van der Waals surface area contributed by atoms with Crippen LogP contribution in [0.4, 0.5) is 0 Å². The number of aryl methyl sites for hydroxylation is 1. The molecule has 1 aliphatic heterocycles. The molecule has 0 aliphatic carbocycles. The van der Waals surface area contributed by atoms with Gasteiger partial charge in [0.1, 0.15) is 5.75 Å². The summed E-state index contributed by atoms with van der Waals surface area (Å²) in [7, 11) is 0. The number of piperidine rings is 1. The molecule has 1 fully saturated rings. The van der Waals surface area contributed by atoms with E-state index in [1.165, 1.54) is 0 Å². The summed E-state index contributed by atoms with van der Waals surface area (Å²) in [6, 6.07) is 17.7. The van der Waals surface area contributed by atoms with Crippen LogP contribution < -0.4 is 10.5 Å². The highest BCUT2D eigenvalue weighted by atomic mass is 35.5. The first-order chi connectivity index (χ1) is 14.2. The van der Waals surface area contributed by atoms with E-state index in [0.717, 1.165) is 42.6 Å². The molecule has 2 aromatic rings. The maximum absolute atomic E-state index is 13.4. The van der Waals surface area contributed by atoms with Gasteiger partial charge >= 0.3 is 0 Å². The van der Waals surface area contributed by atoms with Gasteiger partial charge in [-0.3, -0.25) is 4.79 Å². The van der Waals surface area contributed by atoms with Crippen molar-refractivity contribution in [2.24, 2.45) is 5.73 Å². The van der Waals surface area contributed by atoms with Crippen molar-refractivity contribution in [1.29, 1.82) is 0 Å². The third kappa shape index (κ3) is 6.46. The Morgan fingerprint density at radius 3 is 2.43 bits per heavy atom. The van der Waals surface area contributed by atoms with Crippen LogP contribution in [0.15, 0.2) is 54.6 Å². The molecule has 3 rings (SSSR count). The van der Waals surface area contributed by atoms with E-state index >= 15 is 0 Å². The van der Waals surface area contributed by atoms with Crippen molar-refractivity contribution in [3.05, 3.63) is 65.7 Å². The average molecular weight is 433 g/mol. The van der Waals surface area contributed by atoms with Gasteiger partial charge < -0.3 is 20.1 Å². The van der Waals surface area contributed by atoms with Crippen LogP contribution in [0, 0.1) is 0 Å². The minimum atomic E-state index is -0.640. The maximum atomic E-state index is 13.4. The van der Waals surface area contributed by atoms with Gasteiger partial charge in [-0.25, -0.2) is 0 Å². The molecule has 1 heterocycles. The van der Waals surface area contributed by atoms with E-state index in [0.29, 0.717) is 26.2 Å². The normalized spacial score (nSPS) is 15.3. The number of halogens is 1. The first kappa shape index (κ1) is 24.2. The number of para-hydroxylation sites is 1. The number of carbonyl (C=O) groups is 1. The van der Waals surface area contributed by atoms with E-state index < -0.39 is 6.10 Å². The van der Waals surface area contributed by atoms with Crippen molar-refractivity contribution in [3.8, 4) is 5.75 Å². The minimum Gasteiger partial charge on any atom is -0.476 e. The highest BCUT2D eigenvalue weighted by molar-refractivity contribution is 5.85. The highest BCUT2D eigenvalue weighted by Crippen LogP contribution is 2.28. The zero-order valence-electron chi connectivity index (χ0n) is 17.7. The van der Waals surface area contributed by atoms with Crippen molar-refractivity contribution in [2.75, 3.05) is 26.2 Å². The third-order valence-corrected chi connectivity index (χ3v) is 5.38. The summed E-state index contributed by atoms with van der Waals surface area (Å²) in [5.41, 5.74) is 7.52. The van der Waals surface area contributed by atoms with Gasteiger partial charge in [-0.2, -0.15) is 0 Å². The number of hydrogen-bond acceptors (Lipinski definition) is 4. The van der Waals surface area contributed by atoms with Crippen molar-refractivity contribution in [2.45, 2.75) is 44.8 Å². The topological polar surface area (TPSA) is 64.8 Å². The SMILES string of the molecule is CCc1ccccc1OC(C(=O)N1CCC(OCCCN)CC1)c1ccccc1.Cl. The fourth-order valence-corrected chi connectivity index (χ4v) is 3.67. The maximum Gasteiger partial charge on any atom is 0.268 e. The van der Waals surface area contributed by atoms with Crippen LogP contribution in [0.2, 0.25) is 0 Å². The van der Waals surface area contributed by atoms with E-state index in [9.17, 15) is 4.79 Å². The van der Waals surface area contributed by atoms with Gasteiger partial charge in [-0.1, -0.05) is 55.5 Å². The Morgan fingerprint density at radius 1 is 1.10 bits per heavy atom. The molecule has 0 radical (unpaired) electrons. The zero-order valence-corrected chi connectivity index (χ0v) is 18.5. The number of nitrogens with two attached hydrogens (primary N) is 1. The molecule has 5 nitrogen and oxygen atoms in total. The van der Waals surface area contributed by atoms with Gasteiger partial charge in [0.25, 0.3) is 5.91 Å². The van der Waals surface area contributed by atoms with E-state index in [-0.39, 0.29) is 24.4 Å². The van der Waals surface area contributed by atoms with Gasteiger partial charge in [0.2, 0.25) is 6.10 Å². The van der Waals surface area contributed by atoms with Crippen LogP contribution in [0.1, 0.15) is 43.4 Å². The van der Waals surface area contributed by atoms with Crippen LogP contribution in [0.3, 0.4) is 0 Å². The largest absolute Gasteiger partial charge is 0.476 e. The molecule has 1 saturated heterocycles. The Labute approximate surface area is 186 Å². The molecule has 30 heavy (non-hydrogen) atoms. The lowest BCUT2D eigenvalue weighted by Crippen LogP contribution is -2.44. The van der Waals surface area contributed by atoms with Crippen LogP contribution >= 0.6 is 12.4 Å². The third-order valence-electron chi connectivity index (χ3n) is 5.38. The second-order valence-electron chi connectivity index (χ2n) is 7.41. The standard InChI is InChI=1S/C24H32N2O3.ClH/c1-2-19-9-6-7-12-22(19)29-23(20-10-4-3-5-11-20)24(27)26-16-13-21(14-17-26)28-18-8-15-25;/h3-7,9-12,21,23H,2,8,13-18,25H2,1H3;1H. The summed E-state index contributed by atoms with van der Waals surface area (Å²) < 4.78 is 12.2. The second-order valence-corrected chi connectivity index (χ2v) is 7.41. The predicted molar refractivity (Wildman–Crippen MR) is 122 cm³/mol. The van der Waals surface area contributed by atoms with Crippen LogP contribution in [-0.2, 0) is 16.0 Å². The van der Waals surface area contributed by atoms with Gasteiger partial charge in [-0.15, -0.1) is 12.4 Å². The monoisotopic (exact) mass is 432 g/mol. The number of benzene rings is 2. The molecular formula is C24H33ClN2O3. The molecule has 0 bridgehead atoms. The quantitative estimate of drug-likeness (QED) is 0.604. The predicted octanol–water partition coefficient (Wildman–Crippen LogP) is 4.15.